The van der Waals surface area contributed by atoms with Gasteiger partial charge in [-0.3, -0.25) is 0 Å². The number of hydrogen-bond acceptors (Lipinski definition) is 2. The normalized spacial score (nSPS) is 10.1. The molecule has 2 aromatic rings. The van der Waals surface area contributed by atoms with E-state index in [0.29, 0.717) is 11.3 Å². The van der Waals surface area contributed by atoms with Gasteiger partial charge in [0.15, 0.2) is 0 Å². The van der Waals surface area contributed by atoms with Crippen LogP contribution in [0.1, 0.15) is 15.9 Å². The van der Waals surface area contributed by atoms with E-state index in [4.69, 9.17) is 4.74 Å². The molecule has 0 aliphatic heterocycles. The molecule has 0 aliphatic rings. The summed E-state index contributed by atoms with van der Waals surface area (Å²) in [5.74, 6) is -0.205. The third-order valence-corrected chi connectivity index (χ3v) is 2.86. The molecule has 2 rings (SSSR count). The lowest BCUT2D eigenvalue weighted by atomic mass is 9.95. The van der Waals surface area contributed by atoms with E-state index >= 15 is 0 Å². The predicted octanol–water partition coefficient (Wildman–Crippen LogP) is 3.37. The molecule has 2 aromatic carbocycles. The summed E-state index contributed by atoms with van der Waals surface area (Å²) in [5.41, 5.74) is 2.83. The van der Waals surface area contributed by atoms with Crippen LogP contribution in [0, 0.1) is 6.92 Å². The van der Waals surface area contributed by atoms with Crippen molar-refractivity contribution < 1.29 is 14.6 Å². The highest BCUT2D eigenvalue weighted by Crippen LogP contribution is 2.29. The van der Waals surface area contributed by atoms with Crippen LogP contribution in [0.15, 0.2) is 42.5 Å². The third-order valence-electron chi connectivity index (χ3n) is 2.86. The van der Waals surface area contributed by atoms with Crippen LogP contribution in [-0.2, 0) is 0 Å². The largest absolute Gasteiger partial charge is 0.497 e. The van der Waals surface area contributed by atoms with Crippen molar-refractivity contribution in [3.8, 4) is 16.9 Å². The van der Waals surface area contributed by atoms with Gasteiger partial charge >= 0.3 is 5.97 Å². The number of ether oxygens (including phenoxy) is 1. The standard InChI is InChI=1S/C15H14O3/c1-10-5-3-8-13(15(16)17)14(10)11-6-4-7-12(9-11)18-2/h3-9H,1-2H3,(H,16,17). The molecule has 0 spiro atoms. The summed E-state index contributed by atoms with van der Waals surface area (Å²) in [5, 5.41) is 9.25. The fourth-order valence-corrected chi connectivity index (χ4v) is 2.01. The van der Waals surface area contributed by atoms with E-state index in [1.54, 1.807) is 19.2 Å². The molecule has 0 heterocycles. The van der Waals surface area contributed by atoms with Gasteiger partial charge in [-0.25, -0.2) is 4.79 Å². The number of aromatic carboxylic acids is 1. The number of carboxylic acid groups (broad SMARTS) is 1. The molecule has 0 radical (unpaired) electrons. The Hall–Kier alpha value is -2.29. The summed E-state index contributed by atoms with van der Waals surface area (Å²) in [7, 11) is 1.59. The zero-order valence-electron chi connectivity index (χ0n) is 10.3. The van der Waals surface area contributed by atoms with Crippen molar-refractivity contribution in [2.24, 2.45) is 0 Å². The maximum Gasteiger partial charge on any atom is 0.336 e. The lowest BCUT2D eigenvalue weighted by Crippen LogP contribution is -2.01. The highest BCUT2D eigenvalue weighted by Gasteiger charge is 2.13. The zero-order valence-corrected chi connectivity index (χ0v) is 10.3. The van der Waals surface area contributed by atoms with Gasteiger partial charge in [-0.1, -0.05) is 24.3 Å². The summed E-state index contributed by atoms with van der Waals surface area (Å²) in [4.78, 5) is 11.3. The van der Waals surface area contributed by atoms with Crippen molar-refractivity contribution in [1.82, 2.24) is 0 Å². The van der Waals surface area contributed by atoms with E-state index in [1.165, 1.54) is 0 Å². The molecule has 0 unspecified atom stereocenters. The second-order valence-corrected chi connectivity index (χ2v) is 4.03. The molecule has 92 valence electrons. The summed E-state index contributed by atoms with van der Waals surface area (Å²) in [6, 6.07) is 12.7. The Morgan fingerprint density at radius 3 is 2.56 bits per heavy atom. The quantitative estimate of drug-likeness (QED) is 0.897. The number of benzene rings is 2. The highest BCUT2D eigenvalue weighted by molar-refractivity contribution is 5.97. The van der Waals surface area contributed by atoms with Gasteiger partial charge in [-0.15, -0.1) is 0 Å². The maximum atomic E-state index is 11.3. The van der Waals surface area contributed by atoms with Gasteiger partial charge in [0.2, 0.25) is 0 Å². The van der Waals surface area contributed by atoms with Crippen molar-refractivity contribution in [3.05, 3.63) is 53.6 Å². The minimum Gasteiger partial charge on any atom is -0.497 e. The van der Waals surface area contributed by atoms with Gasteiger partial charge in [-0.05, 0) is 41.8 Å². The Morgan fingerprint density at radius 1 is 1.17 bits per heavy atom. The molecule has 0 aliphatic carbocycles. The van der Waals surface area contributed by atoms with E-state index in [9.17, 15) is 9.90 Å². The molecule has 0 saturated carbocycles. The molecule has 18 heavy (non-hydrogen) atoms. The minimum absolute atomic E-state index is 0.309. The van der Waals surface area contributed by atoms with Crippen LogP contribution in [0.25, 0.3) is 11.1 Å². The fourth-order valence-electron chi connectivity index (χ4n) is 2.01. The van der Waals surface area contributed by atoms with Gasteiger partial charge in [0, 0.05) is 0 Å². The van der Waals surface area contributed by atoms with E-state index in [2.05, 4.69) is 0 Å². The maximum absolute atomic E-state index is 11.3. The number of carboxylic acids is 1. The van der Waals surface area contributed by atoms with Crippen molar-refractivity contribution >= 4 is 5.97 Å². The minimum atomic E-state index is -0.920. The number of carbonyl (C=O) groups is 1. The van der Waals surface area contributed by atoms with Crippen LogP contribution in [0.5, 0.6) is 5.75 Å². The average Bonchev–Trinajstić information content (AvgIpc) is 2.38. The Bertz CT molecular complexity index is 588. The van der Waals surface area contributed by atoms with Gasteiger partial charge in [0.25, 0.3) is 0 Å². The first-order valence-electron chi connectivity index (χ1n) is 5.61. The monoisotopic (exact) mass is 242 g/mol. The van der Waals surface area contributed by atoms with Gasteiger partial charge in [-0.2, -0.15) is 0 Å². The van der Waals surface area contributed by atoms with Gasteiger partial charge in [0.05, 0.1) is 12.7 Å². The second-order valence-electron chi connectivity index (χ2n) is 4.03. The first-order chi connectivity index (χ1) is 8.63. The molecule has 0 aromatic heterocycles. The fraction of sp³-hybridized carbons (Fsp3) is 0.133. The van der Waals surface area contributed by atoms with Crippen molar-refractivity contribution in [1.29, 1.82) is 0 Å². The van der Waals surface area contributed by atoms with Crippen molar-refractivity contribution in [2.75, 3.05) is 7.11 Å². The van der Waals surface area contributed by atoms with Crippen molar-refractivity contribution in [2.45, 2.75) is 6.92 Å². The summed E-state index contributed by atoms with van der Waals surface area (Å²) in [6.07, 6.45) is 0. The molecule has 3 nitrogen and oxygen atoms in total. The van der Waals surface area contributed by atoms with Crippen LogP contribution in [-0.4, -0.2) is 18.2 Å². The Morgan fingerprint density at radius 2 is 1.89 bits per heavy atom. The van der Waals surface area contributed by atoms with Gasteiger partial charge in [0.1, 0.15) is 5.75 Å². The van der Waals surface area contributed by atoms with Crippen LogP contribution in [0.2, 0.25) is 0 Å². The van der Waals surface area contributed by atoms with Crippen LogP contribution < -0.4 is 4.74 Å². The van der Waals surface area contributed by atoms with E-state index in [-0.39, 0.29) is 0 Å². The lowest BCUT2D eigenvalue weighted by Gasteiger charge is -2.11. The topological polar surface area (TPSA) is 46.5 Å². The number of aryl methyl sites for hydroxylation is 1. The third kappa shape index (κ3) is 2.20. The second kappa shape index (κ2) is 4.92. The van der Waals surface area contributed by atoms with Crippen LogP contribution in [0.3, 0.4) is 0 Å². The smallest absolute Gasteiger partial charge is 0.336 e. The summed E-state index contributed by atoms with van der Waals surface area (Å²) >= 11 is 0. The first-order valence-corrected chi connectivity index (χ1v) is 5.61. The molecule has 0 atom stereocenters. The summed E-state index contributed by atoms with van der Waals surface area (Å²) in [6.45, 7) is 1.90. The van der Waals surface area contributed by atoms with Gasteiger partial charge < -0.3 is 9.84 Å². The molecule has 0 bridgehead atoms. The Labute approximate surface area is 106 Å². The van der Waals surface area contributed by atoms with Crippen LogP contribution in [0.4, 0.5) is 0 Å². The lowest BCUT2D eigenvalue weighted by molar-refractivity contribution is 0.0697. The average molecular weight is 242 g/mol. The zero-order chi connectivity index (χ0) is 13.1. The molecule has 0 fully saturated rings. The summed E-state index contributed by atoms with van der Waals surface area (Å²) < 4.78 is 5.17. The molecule has 0 amide bonds. The highest BCUT2D eigenvalue weighted by atomic mass is 16.5. The number of rotatable bonds is 3. The molecule has 1 N–H and O–H groups in total. The SMILES string of the molecule is COc1cccc(-c2c(C)cccc2C(=O)O)c1. The Balaban J connectivity index is 2.65. The van der Waals surface area contributed by atoms with Crippen LogP contribution >= 0.6 is 0 Å². The number of methoxy groups -OCH3 is 1. The predicted molar refractivity (Wildman–Crippen MR) is 70.1 cm³/mol. The first kappa shape index (κ1) is 12.2. The molecule has 0 saturated heterocycles. The molecular formula is C15H14O3. The van der Waals surface area contributed by atoms with E-state index in [1.807, 2.05) is 37.3 Å². The van der Waals surface area contributed by atoms with E-state index < -0.39 is 5.97 Å². The van der Waals surface area contributed by atoms with Crippen molar-refractivity contribution in [3.63, 3.8) is 0 Å². The Kier molecular flexibility index (Phi) is 3.33. The number of hydrogen-bond donors (Lipinski definition) is 1. The molecule has 3 heteroatoms. The van der Waals surface area contributed by atoms with E-state index in [0.717, 1.165) is 16.7 Å². The molecular weight excluding hydrogens is 228 g/mol.